The molecule has 1 aliphatic heterocycles. The second-order valence-electron chi connectivity index (χ2n) is 4.09. The van der Waals surface area contributed by atoms with Crippen LogP contribution in [0, 0.1) is 18.3 Å². The van der Waals surface area contributed by atoms with Gasteiger partial charge in [-0.1, -0.05) is 12.1 Å². The smallest absolute Gasteiger partial charge is 0.224 e. The molecular formula is C13H14N2O. The van der Waals surface area contributed by atoms with Crippen molar-refractivity contribution in [1.29, 1.82) is 0 Å². The fourth-order valence-electron chi connectivity index (χ4n) is 1.95. The molecule has 1 aromatic carbocycles. The van der Waals surface area contributed by atoms with Gasteiger partial charge in [-0.3, -0.25) is 4.79 Å². The van der Waals surface area contributed by atoms with Crippen LogP contribution >= 0.6 is 0 Å². The fourth-order valence-corrected chi connectivity index (χ4v) is 1.95. The average molecular weight is 214 g/mol. The number of nitrogen functional groups attached to an aromatic ring is 1. The van der Waals surface area contributed by atoms with Gasteiger partial charge in [-0.25, -0.2) is 0 Å². The molecule has 0 spiro atoms. The highest BCUT2D eigenvalue weighted by molar-refractivity contribution is 5.79. The van der Waals surface area contributed by atoms with Crippen molar-refractivity contribution in [2.75, 3.05) is 12.3 Å². The highest BCUT2D eigenvalue weighted by atomic mass is 16.2. The van der Waals surface area contributed by atoms with Crippen molar-refractivity contribution >= 4 is 11.6 Å². The summed E-state index contributed by atoms with van der Waals surface area (Å²) in [6.45, 7) is 1.26. The highest BCUT2D eigenvalue weighted by Crippen LogP contribution is 2.19. The van der Waals surface area contributed by atoms with Crippen LogP contribution in [0.25, 0.3) is 0 Å². The maximum atomic E-state index is 11.6. The van der Waals surface area contributed by atoms with Gasteiger partial charge in [-0.15, -0.1) is 12.3 Å². The molecule has 1 fully saturated rings. The van der Waals surface area contributed by atoms with E-state index in [1.807, 2.05) is 24.3 Å². The van der Waals surface area contributed by atoms with Gasteiger partial charge in [-0.05, 0) is 17.7 Å². The van der Waals surface area contributed by atoms with E-state index < -0.39 is 0 Å². The lowest BCUT2D eigenvalue weighted by Gasteiger charge is -2.15. The van der Waals surface area contributed by atoms with E-state index in [4.69, 9.17) is 12.2 Å². The Hall–Kier alpha value is -1.95. The van der Waals surface area contributed by atoms with Crippen LogP contribution < -0.4 is 5.73 Å². The van der Waals surface area contributed by atoms with Crippen molar-refractivity contribution in [2.24, 2.45) is 5.92 Å². The molecule has 1 aliphatic rings. The molecule has 0 bridgehead atoms. The number of hydrogen-bond acceptors (Lipinski definition) is 2. The van der Waals surface area contributed by atoms with Crippen LogP contribution in [-0.2, 0) is 11.3 Å². The largest absolute Gasteiger partial charge is 0.399 e. The number of terminal acetylenes is 1. The van der Waals surface area contributed by atoms with Crippen LogP contribution in [0.3, 0.4) is 0 Å². The molecule has 1 unspecified atom stereocenters. The van der Waals surface area contributed by atoms with E-state index in [1.54, 1.807) is 4.90 Å². The van der Waals surface area contributed by atoms with Gasteiger partial charge in [0.25, 0.3) is 0 Å². The normalized spacial score (nSPS) is 19.8. The predicted molar refractivity (Wildman–Crippen MR) is 63.2 cm³/mol. The van der Waals surface area contributed by atoms with E-state index in [2.05, 4.69) is 5.92 Å². The summed E-state index contributed by atoms with van der Waals surface area (Å²) >= 11 is 0. The molecule has 1 aromatic rings. The minimum atomic E-state index is 0.0635. The van der Waals surface area contributed by atoms with Crippen LogP contribution in [-0.4, -0.2) is 17.4 Å². The summed E-state index contributed by atoms with van der Waals surface area (Å²) in [6.07, 6.45) is 5.80. The molecule has 0 aromatic heterocycles. The Morgan fingerprint density at radius 2 is 2.38 bits per heavy atom. The van der Waals surface area contributed by atoms with E-state index in [0.717, 1.165) is 11.3 Å². The Balaban J connectivity index is 2.06. The molecule has 0 radical (unpaired) electrons. The maximum absolute atomic E-state index is 11.6. The Morgan fingerprint density at radius 3 is 3.00 bits per heavy atom. The van der Waals surface area contributed by atoms with E-state index >= 15 is 0 Å². The molecule has 16 heavy (non-hydrogen) atoms. The summed E-state index contributed by atoms with van der Waals surface area (Å²) in [5.41, 5.74) is 7.45. The number of carbonyl (C=O) groups is 1. The number of amides is 1. The lowest BCUT2D eigenvalue weighted by molar-refractivity contribution is -0.128. The number of likely N-dealkylation sites (tertiary alicyclic amines) is 1. The van der Waals surface area contributed by atoms with E-state index in [-0.39, 0.29) is 11.8 Å². The first kappa shape index (κ1) is 10.6. The number of hydrogen-bond donors (Lipinski definition) is 1. The molecule has 3 nitrogen and oxygen atoms in total. The highest BCUT2D eigenvalue weighted by Gasteiger charge is 2.27. The number of rotatable bonds is 2. The Kier molecular flexibility index (Phi) is 2.82. The number of nitrogens with zero attached hydrogens (tertiary/aromatic N) is 1. The summed E-state index contributed by atoms with van der Waals surface area (Å²) in [5, 5.41) is 0. The molecule has 2 N–H and O–H groups in total. The van der Waals surface area contributed by atoms with E-state index in [9.17, 15) is 4.79 Å². The third-order valence-corrected chi connectivity index (χ3v) is 2.77. The Morgan fingerprint density at radius 1 is 1.56 bits per heavy atom. The molecule has 0 saturated carbocycles. The molecule has 3 heteroatoms. The molecule has 82 valence electrons. The Labute approximate surface area is 95.2 Å². The van der Waals surface area contributed by atoms with Gasteiger partial charge in [0.2, 0.25) is 5.91 Å². The molecule has 0 aliphatic carbocycles. The molecule has 2 rings (SSSR count). The van der Waals surface area contributed by atoms with Crippen LogP contribution in [0.1, 0.15) is 12.0 Å². The van der Waals surface area contributed by atoms with Gasteiger partial charge >= 0.3 is 0 Å². The van der Waals surface area contributed by atoms with Crippen molar-refractivity contribution in [3.05, 3.63) is 29.8 Å². The fraction of sp³-hybridized carbons (Fsp3) is 0.308. The second-order valence-corrected chi connectivity index (χ2v) is 4.09. The number of nitrogens with two attached hydrogens (primary N) is 1. The minimum Gasteiger partial charge on any atom is -0.399 e. The lowest BCUT2D eigenvalue weighted by atomic mass is 10.1. The zero-order valence-electron chi connectivity index (χ0n) is 9.02. The number of carbonyl (C=O) groups excluding carboxylic acids is 1. The van der Waals surface area contributed by atoms with Crippen molar-refractivity contribution in [2.45, 2.75) is 13.0 Å². The first-order valence-electron chi connectivity index (χ1n) is 5.27. The van der Waals surface area contributed by atoms with Crippen molar-refractivity contribution < 1.29 is 4.79 Å². The summed E-state index contributed by atoms with van der Waals surface area (Å²) in [5.74, 6) is 2.83. The molecule has 1 heterocycles. The first-order chi connectivity index (χ1) is 7.69. The van der Waals surface area contributed by atoms with Crippen LogP contribution in [0.4, 0.5) is 5.69 Å². The second kappa shape index (κ2) is 4.28. The SMILES string of the molecule is C#CC1CC(=O)N(Cc2cccc(N)c2)C1. The monoisotopic (exact) mass is 214 g/mol. The minimum absolute atomic E-state index is 0.0635. The van der Waals surface area contributed by atoms with Gasteiger partial charge in [0.05, 0.1) is 0 Å². The van der Waals surface area contributed by atoms with Crippen molar-refractivity contribution in [3.63, 3.8) is 0 Å². The molecule has 1 atom stereocenters. The van der Waals surface area contributed by atoms with Crippen LogP contribution in [0.2, 0.25) is 0 Å². The maximum Gasteiger partial charge on any atom is 0.224 e. The Bertz CT molecular complexity index is 447. The third-order valence-electron chi connectivity index (χ3n) is 2.77. The predicted octanol–water partition coefficient (Wildman–Crippen LogP) is 1.25. The van der Waals surface area contributed by atoms with Gasteiger partial charge in [0, 0.05) is 31.1 Å². The zero-order valence-corrected chi connectivity index (χ0v) is 9.02. The molecule has 1 saturated heterocycles. The summed E-state index contributed by atoms with van der Waals surface area (Å²) in [6, 6.07) is 7.58. The van der Waals surface area contributed by atoms with Crippen molar-refractivity contribution in [3.8, 4) is 12.3 Å². The molecule has 1 amide bonds. The summed E-state index contributed by atoms with van der Waals surface area (Å²) < 4.78 is 0. The number of anilines is 1. The topological polar surface area (TPSA) is 46.3 Å². The summed E-state index contributed by atoms with van der Waals surface area (Å²) in [7, 11) is 0. The first-order valence-corrected chi connectivity index (χ1v) is 5.27. The van der Waals surface area contributed by atoms with Crippen LogP contribution in [0.5, 0.6) is 0 Å². The van der Waals surface area contributed by atoms with Gasteiger partial charge in [0.1, 0.15) is 0 Å². The third kappa shape index (κ3) is 2.17. The van der Waals surface area contributed by atoms with E-state index in [0.29, 0.717) is 19.5 Å². The summed E-state index contributed by atoms with van der Waals surface area (Å²) in [4.78, 5) is 13.4. The van der Waals surface area contributed by atoms with Crippen molar-refractivity contribution in [1.82, 2.24) is 4.90 Å². The molecular weight excluding hydrogens is 200 g/mol. The quantitative estimate of drug-likeness (QED) is 0.595. The van der Waals surface area contributed by atoms with Gasteiger partial charge in [-0.2, -0.15) is 0 Å². The average Bonchev–Trinajstić information content (AvgIpc) is 2.60. The lowest BCUT2D eigenvalue weighted by Crippen LogP contribution is -2.24. The standard InChI is InChI=1S/C13H14N2O/c1-2-10-7-13(16)15(8-10)9-11-4-3-5-12(14)6-11/h1,3-6,10H,7-9,14H2. The van der Waals surface area contributed by atoms with Gasteiger partial charge < -0.3 is 10.6 Å². The zero-order chi connectivity index (χ0) is 11.5. The van der Waals surface area contributed by atoms with Gasteiger partial charge in [0.15, 0.2) is 0 Å². The number of benzene rings is 1. The van der Waals surface area contributed by atoms with Crippen LogP contribution in [0.15, 0.2) is 24.3 Å². The van der Waals surface area contributed by atoms with E-state index in [1.165, 1.54) is 0 Å².